The van der Waals surface area contributed by atoms with Crippen LogP contribution in [0.5, 0.6) is 5.75 Å². The summed E-state index contributed by atoms with van der Waals surface area (Å²) in [6, 6.07) is 8.60. The lowest BCUT2D eigenvalue weighted by Crippen LogP contribution is -2.03. The summed E-state index contributed by atoms with van der Waals surface area (Å²) >= 11 is 0. The molecule has 0 unspecified atom stereocenters. The van der Waals surface area contributed by atoms with Crippen LogP contribution in [0.2, 0.25) is 0 Å². The van der Waals surface area contributed by atoms with E-state index in [-0.39, 0.29) is 18.2 Å². The number of hydrogen-bond acceptors (Lipinski definition) is 3. The number of hydrogen-bond donors (Lipinski definition) is 1. The highest BCUT2D eigenvalue weighted by Gasteiger charge is 2.07. The molecule has 0 aliphatic heterocycles. The Hall–Kier alpha value is -2.10. The fourth-order valence-corrected chi connectivity index (χ4v) is 1.46. The standard InChI is InChI=1S/C13H13FN2O/c1-9-4-2-6-11(12(9)14)17-8-10-5-3-7-16-13(10)15/h2-7H,8H2,1H3,(H2,15,16). The van der Waals surface area contributed by atoms with Crippen molar-refractivity contribution in [3.05, 3.63) is 53.5 Å². The van der Waals surface area contributed by atoms with Crippen LogP contribution in [0.15, 0.2) is 36.5 Å². The Balaban J connectivity index is 2.13. The van der Waals surface area contributed by atoms with Crippen LogP contribution in [0.1, 0.15) is 11.1 Å². The van der Waals surface area contributed by atoms with Gasteiger partial charge in [-0.1, -0.05) is 18.2 Å². The maximum Gasteiger partial charge on any atom is 0.167 e. The molecule has 0 aliphatic rings. The monoisotopic (exact) mass is 232 g/mol. The molecule has 0 bridgehead atoms. The molecule has 0 spiro atoms. The third-order valence-electron chi connectivity index (χ3n) is 2.47. The lowest BCUT2D eigenvalue weighted by atomic mass is 10.2. The first-order valence-corrected chi connectivity index (χ1v) is 5.26. The summed E-state index contributed by atoms with van der Waals surface area (Å²) < 4.78 is 19.0. The van der Waals surface area contributed by atoms with Crippen molar-refractivity contribution in [2.45, 2.75) is 13.5 Å². The number of nitrogens with two attached hydrogens (primary N) is 1. The molecular formula is C13H13FN2O. The van der Waals surface area contributed by atoms with Gasteiger partial charge in [-0.2, -0.15) is 0 Å². The number of nitrogens with zero attached hydrogens (tertiary/aromatic N) is 1. The largest absolute Gasteiger partial charge is 0.486 e. The SMILES string of the molecule is Cc1cccc(OCc2cccnc2N)c1F. The molecule has 17 heavy (non-hydrogen) atoms. The number of anilines is 1. The summed E-state index contributed by atoms with van der Waals surface area (Å²) in [5.74, 6) is 0.295. The Morgan fingerprint density at radius 3 is 2.88 bits per heavy atom. The second-order valence-electron chi connectivity index (χ2n) is 3.72. The molecule has 1 aromatic carbocycles. The number of aromatic nitrogens is 1. The highest BCUT2D eigenvalue weighted by atomic mass is 19.1. The first kappa shape index (κ1) is 11.4. The van der Waals surface area contributed by atoms with E-state index in [1.165, 1.54) is 0 Å². The normalized spacial score (nSPS) is 10.2. The molecule has 0 atom stereocenters. The molecule has 0 amide bonds. The van der Waals surface area contributed by atoms with Gasteiger partial charge >= 0.3 is 0 Å². The number of aryl methyl sites for hydroxylation is 1. The number of halogens is 1. The second kappa shape index (κ2) is 4.82. The van der Waals surface area contributed by atoms with Crippen LogP contribution in [-0.2, 0) is 6.61 Å². The second-order valence-corrected chi connectivity index (χ2v) is 3.72. The molecule has 4 heteroatoms. The molecule has 2 N–H and O–H groups in total. The van der Waals surface area contributed by atoms with Crippen LogP contribution >= 0.6 is 0 Å². The van der Waals surface area contributed by atoms with Gasteiger partial charge in [-0.3, -0.25) is 0 Å². The molecule has 88 valence electrons. The number of ether oxygens (including phenoxy) is 1. The van der Waals surface area contributed by atoms with Crippen LogP contribution in [0.3, 0.4) is 0 Å². The lowest BCUT2D eigenvalue weighted by molar-refractivity contribution is 0.290. The van der Waals surface area contributed by atoms with E-state index in [1.807, 2.05) is 0 Å². The molecule has 1 aromatic heterocycles. The highest BCUT2D eigenvalue weighted by Crippen LogP contribution is 2.21. The Bertz CT molecular complexity index is 529. The van der Waals surface area contributed by atoms with E-state index in [0.717, 1.165) is 5.56 Å². The summed E-state index contributed by atoms with van der Waals surface area (Å²) in [4.78, 5) is 3.94. The van der Waals surface area contributed by atoms with E-state index >= 15 is 0 Å². The smallest absolute Gasteiger partial charge is 0.167 e. The van der Waals surface area contributed by atoms with Crippen molar-refractivity contribution in [3.8, 4) is 5.75 Å². The predicted octanol–water partition coefficient (Wildman–Crippen LogP) is 2.69. The molecule has 0 fully saturated rings. The van der Waals surface area contributed by atoms with E-state index in [0.29, 0.717) is 11.4 Å². The number of rotatable bonds is 3. The van der Waals surface area contributed by atoms with Gasteiger partial charge in [0.15, 0.2) is 11.6 Å². The Kier molecular flexibility index (Phi) is 3.23. The zero-order valence-electron chi connectivity index (χ0n) is 9.48. The summed E-state index contributed by atoms with van der Waals surface area (Å²) in [6.45, 7) is 1.90. The number of pyridine rings is 1. The molecule has 0 radical (unpaired) electrons. The first-order valence-electron chi connectivity index (χ1n) is 5.26. The zero-order valence-corrected chi connectivity index (χ0v) is 9.48. The molecule has 0 aliphatic carbocycles. The van der Waals surface area contributed by atoms with Crippen molar-refractivity contribution in [2.24, 2.45) is 0 Å². The van der Waals surface area contributed by atoms with Gasteiger partial charge in [-0.15, -0.1) is 0 Å². The molecule has 2 aromatic rings. The fourth-order valence-electron chi connectivity index (χ4n) is 1.46. The summed E-state index contributed by atoms with van der Waals surface area (Å²) in [6.07, 6.45) is 1.60. The summed E-state index contributed by atoms with van der Waals surface area (Å²) in [5.41, 5.74) is 6.97. The fraction of sp³-hybridized carbons (Fsp3) is 0.154. The van der Waals surface area contributed by atoms with Gasteiger partial charge in [0.2, 0.25) is 0 Å². The van der Waals surface area contributed by atoms with Crippen LogP contribution < -0.4 is 10.5 Å². The minimum Gasteiger partial charge on any atom is -0.486 e. The van der Waals surface area contributed by atoms with Gasteiger partial charge < -0.3 is 10.5 Å². The minimum absolute atomic E-state index is 0.208. The van der Waals surface area contributed by atoms with E-state index in [4.69, 9.17) is 10.5 Å². The van der Waals surface area contributed by atoms with Gasteiger partial charge in [0.05, 0.1) is 0 Å². The third kappa shape index (κ3) is 2.53. The average Bonchev–Trinajstić information content (AvgIpc) is 2.33. The van der Waals surface area contributed by atoms with Crippen molar-refractivity contribution in [2.75, 3.05) is 5.73 Å². The average molecular weight is 232 g/mol. The first-order chi connectivity index (χ1) is 8.18. The van der Waals surface area contributed by atoms with Gasteiger partial charge in [0.1, 0.15) is 12.4 Å². The molecular weight excluding hydrogens is 219 g/mol. The highest BCUT2D eigenvalue weighted by molar-refractivity contribution is 5.38. The zero-order chi connectivity index (χ0) is 12.3. The van der Waals surface area contributed by atoms with Crippen LogP contribution in [0.4, 0.5) is 10.2 Å². The number of nitrogen functional groups attached to an aromatic ring is 1. The maximum absolute atomic E-state index is 13.6. The summed E-state index contributed by atoms with van der Waals surface area (Å²) in [5, 5.41) is 0. The predicted molar refractivity (Wildman–Crippen MR) is 64.1 cm³/mol. The van der Waals surface area contributed by atoms with E-state index in [2.05, 4.69) is 4.98 Å². The Morgan fingerprint density at radius 1 is 1.29 bits per heavy atom. The Labute approximate surface area is 99.1 Å². The molecule has 1 heterocycles. The van der Waals surface area contributed by atoms with Crippen LogP contribution in [0.25, 0.3) is 0 Å². The molecule has 2 rings (SSSR count). The Morgan fingerprint density at radius 2 is 2.12 bits per heavy atom. The van der Waals surface area contributed by atoms with E-state index in [9.17, 15) is 4.39 Å². The van der Waals surface area contributed by atoms with Gasteiger partial charge in [-0.25, -0.2) is 9.37 Å². The molecule has 0 saturated heterocycles. The van der Waals surface area contributed by atoms with Crippen molar-refractivity contribution >= 4 is 5.82 Å². The van der Waals surface area contributed by atoms with Crippen molar-refractivity contribution in [1.29, 1.82) is 0 Å². The topological polar surface area (TPSA) is 48.1 Å². The van der Waals surface area contributed by atoms with Gasteiger partial charge in [-0.05, 0) is 24.6 Å². The molecule has 0 saturated carbocycles. The van der Waals surface area contributed by atoms with Crippen LogP contribution in [0, 0.1) is 12.7 Å². The van der Waals surface area contributed by atoms with E-state index < -0.39 is 0 Å². The molecule has 3 nitrogen and oxygen atoms in total. The van der Waals surface area contributed by atoms with Crippen molar-refractivity contribution < 1.29 is 9.13 Å². The van der Waals surface area contributed by atoms with Crippen LogP contribution in [-0.4, -0.2) is 4.98 Å². The van der Waals surface area contributed by atoms with Crippen molar-refractivity contribution in [3.63, 3.8) is 0 Å². The minimum atomic E-state index is -0.338. The van der Waals surface area contributed by atoms with Gasteiger partial charge in [0, 0.05) is 11.8 Å². The quantitative estimate of drug-likeness (QED) is 0.885. The number of benzene rings is 1. The summed E-state index contributed by atoms with van der Waals surface area (Å²) in [7, 11) is 0. The maximum atomic E-state index is 13.6. The van der Waals surface area contributed by atoms with Gasteiger partial charge in [0.25, 0.3) is 0 Å². The lowest BCUT2D eigenvalue weighted by Gasteiger charge is -2.09. The third-order valence-corrected chi connectivity index (χ3v) is 2.47. The van der Waals surface area contributed by atoms with E-state index in [1.54, 1.807) is 43.5 Å². The van der Waals surface area contributed by atoms with Crippen molar-refractivity contribution in [1.82, 2.24) is 4.98 Å².